The van der Waals surface area contributed by atoms with E-state index >= 15 is 0 Å². The molecule has 1 N–H and O–H groups in total. The Hall–Kier alpha value is -0.940. The molecule has 1 aromatic rings. The number of rotatable bonds is 4. The average molecular weight is 291 g/mol. The summed E-state index contributed by atoms with van der Waals surface area (Å²) in [5.41, 5.74) is 0.0792. The summed E-state index contributed by atoms with van der Waals surface area (Å²) < 4.78 is 18.5. The molecule has 0 heterocycles. The fraction of sp³-hybridized carbons (Fsp3) is 0.364. The molecule has 1 unspecified atom stereocenters. The smallest absolute Gasteiger partial charge is 0.308 e. The molecule has 0 saturated heterocycles. The zero-order valence-electron chi connectivity index (χ0n) is 8.74. The Kier molecular flexibility index (Phi) is 4.89. The minimum absolute atomic E-state index is 0.0792. The maximum Gasteiger partial charge on any atom is 0.308 e. The second-order valence-corrected chi connectivity index (χ2v) is 4.01. The van der Waals surface area contributed by atoms with Crippen molar-refractivity contribution in [2.75, 3.05) is 6.61 Å². The van der Waals surface area contributed by atoms with Gasteiger partial charge in [-0.1, -0.05) is 22.0 Å². The molecule has 5 heteroatoms. The zero-order valence-corrected chi connectivity index (χ0v) is 10.3. The van der Waals surface area contributed by atoms with Crippen LogP contribution in [0.5, 0.6) is 0 Å². The molecule has 0 bridgehead atoms. The number of carbonyl (C=O) groups excluding carboxylic acids is 1. The Labute approximate surface area is 101 Å². The van der Waals surface area contributed by atoms with Gasteiger partial charge in [0.25, 0.3) is 0 Å². The number of hydrogen-bond acceptors (Lipinski definition) is 3. The van der Waals surface area contributed by atoms with Gasteiger partial charge in [0.05, 0.1) is 19.1 Å². The molecule has 0 saturated carbocycles. The Morgan fingerprint density at radius 1 is 1.62 bits per heavy atom. The van der Waals surface area contributed by atoms with Gasteiger partial charge in [-0.15, -0.1) is 0 Å². The summed E-state index contributed by atoms with van der Waals surface area (Å²) in [7, 11) is 0. The van der Waals surface area contributed by atoms with E-state index in [9.17, 15) is 14.3 Å². The standard InChI is InChI=1S/C11H12BrFO3/c1-2-16-10(15)6-9(14)11-7(12)4-3-5-8(11)13/h3-5,9,14H,2,6H2,1H3. The number of esters is 1. The quantitative estimate of drug-likeness (QED) is 0.867. The van der Waals surface area contributed by atoms with Crippen LogP contribution in [0.4, 0.5) is 4.39 Å². The van der Waals surface area contributed by atoms with Gasteiger partial charge >= 0.3 is 5.97 Å². The van der Waals surface area contributed by atoms with Crippen LogP contribution < -0.4 is 0 Å². The Morgan fingerprint density at radius 3 is 2.88 bits per heavy atom. The Morgan fingerprint density at radius 2 is 2.31 bits per heavy atom. The van der Waals surface area contributed by atoms with Crippen molar-refractivity contribution in [2.24, 2.45) is 0 Å². The number of ether oxygens (including phenoxy) is 1. The van der Waals surface area contributed by atoms with Crippen molar-refractivity contribution in [3.63, 3.8) is 0 Å². The molecule has 0 fully saturated rings. The highest BCUT2D eigenvalue weighted by Crippen LogP contribution is 2.28. The van der Waals surface area contributed by atoms with E-state index in [2.05, 4.69) is 20.7 Å². The van der Waals surface area contributed by atoms with Gasteiger partial charge in [0.2, 0.25) is 0 Å². The summed E-state index contributed by atoms with van der Waals surface area (Å²) in [6.45, 7) is 1.91. The van der Waals surface area contributed by atoms with Crippen LogP contribution in [-0.2, 0) is 9.53 Å². The van der Waals surface area contributed by atoms with Crippen molar-refractivity contribution in [3.05, 3.63) is 34.1 Å². The van der Waals surface area contributed by atoms with Gasteiger partial charge in [-0.3, -0.25) is 4.79 Å². The minimum Gasteiger partial charge on any atom is -0.466 e. The third-order valence-corrected chi connectivity index (χ3v) is 2.69. The Balaban J connectivity index is 2.80. The van der Waals surface area contributed by atoms with E-state index in [-0.39, 0.29) is 18.6 Å². The highest BCUT2D eigenvalue weighted by Gasteiger charge is 2.19. The maximum absolute atomic E-state index is 13.4. The Bertz CT molecular complexity index is 361. The molecule has 0 aromatic heterocycles. The van der Waals surface area contributed by atoms with Crippen LogP contribution in [0.3, 0.4) is 0 Å². The van der Waals surface area contributed by atoms with Crippen LogP contribution in [0, 0.1) is 5.82 Å². The monoisotopic (exact) mass is 290 g/mol. The van der Waals surface area contributed by atoms with Gasteiger partial charge in [0, 0.05) is 10.0 Å². The fourth-order valence-electron chi connectivity index (χ4n) is 1.31. The lowest BCUT2D eigenvalue weighted by atomic mass is 10.1. The summed E-state index contributed by atoms with van der Waals surface area (Å²) in [5, 5.41) is 9.71. The largest absolute Gasteiger partial charge is 0.466 e. The van der Waals surface area contributed by atoms with Gasteiger partial charge in [0.15, 0.2) is 0 Å². The number of halogens is 2. The SMILES string of the molecule is CCOC(=O)CC(O)c1c(F)cccc1Br. The predicted molar refractivity (Wildman–Crippen MR) is 60.3 cm³/mol. The third kappa shape index (κ3) is 3.28. The topological polar surface area (TPSA) is 46.5 Å². The molecule has 3 nitrogen and oxygen atoms in total. The molecule has 0 aliphatic heterocycles. The normalized spacial score (nSPS) is 12.2. The van der Waals surface area contributed by atoms with Crippen LogP contribution in [0.1, 0.15) is 25.0 Å². The number of carbonyl (C=O) groups is 1. The predicted octanol–water partition coefficient (Wildman–Crippen LogP) is 2.57. The van der Waals surface area contributed by atoms with E-state index < -0.39 is 17.9 Å². The summed E-state index contributed by atoms with van der Waals surface area (Å²) in [5.74, 6) is -1.10. The van der Waals surface area contributed by atoms with Crippen molar-refractivity contribution in [3.8, 4) is 0 Å². The van der Waals surface area contributed by atoms with E-state index in [4.69, 9.17) is 0 Å². The maximum atomic E-state index is 13.4. The van der Waals surface area contributed by atoms with Gasteiger partial charge < -0.3 is 9.84 Å². The number of hydrogen-bond donors (Lipinski definition) is 1. The third-order valence-electron chi connectivity index (χ3n) is 2.00. The van der Waals surface area contributed by atoms with Gasteiger partial charge in [-0.05, 0) is 19.1 Å². The van der Waals surface area contributed by atoms with Crippen LogP contribution in [0.15, 0.2) is 22.7 Å². The molecule has 1 rings (SSSR count). The minimum atomic E-state index is -1.20. The van der Waals surface area contributed by atoms with Gasteiger partial charge in [0.1, 0.15) is 5.82 Å². The summed E-state index contributed by atoms with van der Waals surface area (Å²) >= 11 is 3.12. The molecule has 16 heavy (non-hydrogen) atoms. The average Bonchev–Trinajstić information content (AvgIpc) is 2.17. The van der Waals surface area contributed by atoms with Crippen LogP contribution >= 0.6 is 15.9 Å². The first-order chi connectivity index (χ1) is 7.56. The zero-order chi connectivity index (χ0) is 12.1. The fourth-order valence-corrected chi connectivity index (χ4v) is 1.92. The van der Waals surface area contributed by atoms with E-state index in [1.807, 2.05) is 0 Å². The van der Waals surface area contributed by atoms with E-state index in [0.717, 1.165) is 0 Å². The van der Waals surface area contributed by atoms with Gasteiger partial charge in [-0.25, -0.2) is 4.39 Å². The molecule has 88 valence electrons. The lowest BCUT2D eigenvalue weighted by molar-refractivity contribution is -0.145. The molecule has 0 amide bonds. The lowest BCUT2D eigenvalue weighted by Gasteiger charge is -2.12. The molecule has 1 aromatic carbocycles. The molecule has 0 aliphatic carbocycles. The van der Waals surface area contributed by atoms with Gasteiger partial charge in [-0.2, -0.15) is 0 Å². The molecule has 0 spiro atoms. The first-order valence-corrected chi connectivity index (χ1v) is 5.63. The molecular formula is C11H12BrFO3. The molecular weight excluding hydrogens is 279 g/mol. The number of aliphatic hydroxyl groups is 1. The van der Waals surface area contributed by atoms with Crippen LogP contribution in [-0.4, -0.2) is 17.7 Å². The molecule has 0 radical (unpaired) electrons. The van der Waals surface area contributed by atoms with Crippen molar-refractivity contribution < 1.29 is 19.0 Å². The van der Waals surface area contributed by atoms with Crippen LogP contribution in [0.2, 0.25) is 0 Å². The first kappa shape index (κ1) is 13.1. The highest BCUT2D eigenvalue weighted by molar-refractivity contribution is 9.10. The van der Waals surface area contributed by atoms with E-state index in [1.165, 1.54) is 12.1 Å². The number of benzene rings is 1. The van der Waals surface area contributed by atoms with Crippen molar-refractivity contribution in [2.45, 2.75) is 19.4 Å². The van der Waals surface area contributed by atoms with Crippen LogP contribution in [0.25, 0.3) is 0 Å². The first-order valence-electron chi connectivity index (χ1n) is 4.83. The molecule has 0 aliphatic rings. The van der Waals surface area contributed by atoms with E-state index in [0.29, 0.717) is 4.47 Å². The lowest BCUT2D eigenvalue weighted by Crippen LogP contribution is -2.11. The van der Waals surface area contributed by atoms with E-state index in [1.54, 1.807) is 13.0 Å². The van der Waals surface area contributed by atoms with Crippen molar-refractivity contribution in [1.29, 1.82) is 0 Å². The second-order valence-electron chi connectivity index (χ2n) is 3.16. The summed E-state index contributed by atoms with van der Waals surface area (Å²) in [4.78, 5) is 11.1. The highest BCUT2D eigenvalue weighted by atomic mass is 79.9. The summed E-state index contributed by atoms with van der Waals surface area (Å²) in [6.07, 6.45) is -1.46. The summed E-state index contributed by atoms with van der Waals surface area (Å²) in [6, 6.07) is 4.35. The molecule has 1 atom stereocenters. The number of aliphatic hydroxyl groups excluding tert-OH is 1. The van der Waals surface area contributed by atoms with Crippen molar-refractivity contribution >= 4 is 21.9 Å². The second kappa shape index (κ2) is 5.96. The van der Waals surface area contributed by atoms with Crippen molar-refractivity contribution in [1.82, 2.24) is 0 Å².